The summed E-state index contributed by atoms with van der Waals surface area (Å²) in [6.07, 6.45) is 0. The Kier molecular flexibility index (Phi) is 5.10. The smallest absolute Gasteiger partial charge is 0.246 e. The molecule has 24 heavy (non-hydrogen) atoms. The van der Waals surface area contributed by atoms with E-state index >= 15 is 0 Å². The molecule has 7 heteroatoms. The second kappa shape index (κ2) is 7.11. The molecule has 2 N–H and O–H groups in total. The number of rotatable bonds is 4. The van der Waals surface area contributed by atoms with Crippen molar-refractivity contribution in [1.82, 2.24) is 9.21 Å². The number of piperazine rings is 1. The predicted molar refractivity (Wildman–Crippen MR) is 96.3 cm³/mol. The van der Waals surface area contributed by atoms with Crippen LogP contribution in [0.2, 0.25) is 5.02 Å². The van der Waals surface area contributed by atoms with Gasteiger partial charge in [0.25, 0.3) is 0 Å². The summed E-state index contributed by atoms with van der Waals surface area (Å²) >= 11 is 6.07. The molecule has 1 aliphatic rings. The van der Waals surface area contributed by atoms with Gasteiger partial charge in [-0.3, -0.25) is 4.90 Å². The molecule has 0 aliphatic carbocycles. The van der Waals surface area contributed by atoms with Gasteiger partial charge < -0.3 is 5.73 Å². The number of nitrogen functional groups attached to an aromatic ring is 1. The molecule has 5 nitrogen and oxygen atoms in total. The van der Waals surface area contributed by atoms with Crippen molar-refractivity contribution in [3.63, 3.8) is 0 Å². The minimum Gasteiger partial charge on any atom is -0.398 e. The normalized spacial score (nSPS) is 17.0. The van der Waals surface area contributed by atoms with Crippen LogP contribution in [0.15, 0.2) is 53.4 Å². The fourth-order valence-electron chi connectivity index (χ4n) is 2.90. The summed E-state index contributed by atoms with van der Waals surface area (Å²) < 4.78 is 27.1. The van der Waals surface area contributed by atoms with E-state index in [1.165, 1.54) is 9.87 Å². The van der Waals surface area contributed by atoms with E-state index in [-0.39, 0.29) is 15.6 Å². The third kappa shape index (κ3) is 3.57. The fourth-order valence-corrected chi connectivity index (χ4v) is 4.95. The zero-order chi connectivity index (χ0) is 17.2. The van der Waals surface area contributed by atoms with Gasteiger partial charge in [0.1, 0.15) is 4.90 Å². The monoisotopic (exact) mass is 365 g/mol. The van der Waals surface area contributed by atoms with E-state index in [1.807, 2.05) is 18.2 Å². The number of hydrogen-bond donors (Lipinski definition) is 1. The van der Waals surface area contributed by atoms with E-state index in [0.717, 1.165) is 6.54 Å². The second-order valence-electron chi connectivity index (χ2n) is 5.82. The Morgan fingerprint density at radius 3 is 2.25 bits per heavy atom. The van der Waals surface area contributed by atoms with Crippen molar-refractivity contribution in [1.29, 1.82) is 0 Å². The van der Waals surface area contributed by atoms with Gasteiger partial charge in [0, 0.05) is 32.7 Å². The van der Waals surface area contributed by atoms with Crippen LogP contribution in [-0.4, -0.2) is 43.8 Å². The lowest BCUT2D eigenvalue weighted by Gasteiger charge is -2.34. The Morgan fingerprint density at radius 2 is 1.62 bits per heavy atom. The van der Waals surface area contributed by atoms with Crippen LogP contribution in [-0.2, 0) is 16.6 Å². The van der Waals surface area contributed by atoms with Crippen LogP contribution < -0.4 is 5.73 Å². The lowest BCUT2D eigenvalue weighted by Crippen LogP contribution is -2.48. The molecule has 2 aromatic carbocycles. The third-order valence-corrected chi connectivity index (χ3v) is 6.62. The highest BCUT2D eigenvalue weighted by molar-refractivity contribution is 7.89. The first-order valence-electron chi connectivity index (χ1n) is 7.79. The van der Waals surface area contributed by atoms with Crippen LogP contribution in [0.1, 0.15) is 5.56 Å². The maximum Gasteiger partial charge on any atom is 0.246 e. The Morgan fingerprint density at radius 1 is 0.958 bits per heavy atom. The predicted octanol–water partition coefficient (Wildman–Crippen LogP) is 2.43. The van der Waals surface area contributed by atoms with Crippen molar-refractivity contribution in [3.8, 4) is 0 Å². The summed E-state index contributed by atoms with van der Waals surface area (Å²) in [5.74, 6) is 0. The molecule has 3 rings (SSSR count). The molecule has 1 aliphatic heterocycles. The maximum atomic E-state index is 12.8. The molecule has 0 unspecified atom stereocenters. The van der Waals surface area contributed by atoms with Crippen molar-refractivity contribution < 1.29 is 8.42 Å². The topological polar surface area (TPSA) is 66.6 Å². The average Bonchev–Trinajstić information content (AvgIpc) is 2.56. The summed E-state index contributed by atoms with van der Waals surface area (Å²) in [5, 5.41) is 0.168. The number of halogens is 1. The molecule has 0 radical (unpaired) electrons. The molecule has 1 saturated heterocycles. The number of sulfonamides is 1. The summed E-state index contributed by atoms with van der Waals surface area (Å²) in [6, 6.07) is 14.9. The largest absolute Gasteiger partial charge is 0.398 e. The van der Waals surface area contributed by atoms with Crippen LogP contribution in [0, 0.1) is 0 Å². The SMILES string of the molecule is Nc1cccc(Cl)c1S(=O)(=O)N1CCN(Cc2ccccc2)CC1. The first-order valence-corrected chi connectivity index (χ1v) is 9.61. The average molecular weight is 366 g/mol. The van der Waals surface area contributed by atoms with Crippen LogP contribution >= 0.6 is 11.6 Å². The maximum absolute atomic E-state index is 12.8. The molecular weight excluding hydrogens is 346 g/mol. The van der Waals surface area contributed by atoms with Crippen molar-refractivity contribution in [2.24, 2.45) is 0 Å². The summed E-state index contributed by atoms with van der Waals surface area (Å²) in [5.41, 5.74) is 7.26. The second-order valence-corrected chi connectivity index (χ2v) is 8.11. The molecule has 0 bridgehead atoms. The fraction of sp³-hybridized carbons (Fsp3) is 0.294. The Bertz CT molecular complexity index is 784. The Labute approximate surface area is 147 Å². The lowest BCUT2D eigenvalue weighted by atomic mass is 10.2. The van der Waals surface area contributed by atoms with Crippen LogP contribution in [0.25, 0.3) is 0 Å². The Hall–Kier alpha value is -1.60. The molecule has 0 aromatic heterocycles. The Balaban J connectivity index is 1.70. The highest BCUT2D eigenvalue weighted by Crippen LogP contribution is 2.30. The minimum absolute atomic E-state index is 0.0168. The van der Waals surface area contributed by atoms with E-state index in [4.69, 9.17) is 17.3 Å². The van der Waals surface area contributed by atoms with E-state index in [9.17, 15) is 8.42 Å². The highest BCUT2D eigenvalue weighted by Gasteiger charge is 2.31. The van der Waals surface area contributed by atoms with Gasteiger partial charge in [0.15, 0.2) is 0 Å². The molecular formula is C17H20ClN3O2S. The molecule has 0 saturated carbocycles. The van der Waals surface area contributed by atoms with Crippen LogP contribution in [0.5, 0.6) is 0 Å². The van der Waals surface area contributed by atoms with E-state index in [1.54, 1.807) is 18.2 Å². The zero-order valence-corrected chi connectivity index (χ0v) is 14.8. The van der Waals surface area contributed by atoms with Crippen LogP contribution in [0.4, 0.5) is 5.69 Å². The van der Waals surface area contributed by atoms with E-state index in [0.29, 0.717) is 26.2 Å². The van der Waals surface area contributed by atoms with Gasteiger partial charge in [-0.25, -0.2) is 8.42 Å². The van der Waals surface area contributed by atoms with E-state index < -0.39 is 10.0 Å². The van der Waals surface area contributed by atoms with Crippen molar-refractivity contribution in [2.75, 3.05) is 31.9 Å². The van der Waals surface area contributed by atoms with Gasteiger partial charge in [-0.05, 0) is 17.7 Å². The standard InChI is InChI=1S/C17H20ClN3O2S/c18-15-7-4-8-16(19)17(15)24(22,23)21-11-9-20(10-12-21)13-14-5-2-1-3-6-14/h1-8H,9-13,19H2. The van der Waals surface area contributed by atoms with Gasteiger partial charge >= 0.3 is 0 Å². The van der Waals surface area contributed by atoms with Crippen molar-refractivity contribution >= 4 is 27.3 Å². The number of benzene rings is 2. The molecule has 0 amide bonds. The summed E-state index contributed by atoms with van der Waals surface area (Å²) in [4.78, 5) is 2.26. The number of hydrogen-bond acceptors (Lipinski definition) is 4. The van der Waals surface area contributed by atoms with Gasteiger partial charge in [-0.2, -0.15) is 4.31 Å². The van der Waals surface area contributed by atoms with Crippen LogP contribution in [0.3, 0.4) is 0 Å². The molecule has 2 aromatic rings. The molecule has 1 fully saturated rings. The van der Waals surface area contributed by atoms with Crippen molar-refractivity contribution in [2.45, 2.75) is 11.4 Å². The zero-order valence-electron chi connectivity index (χ0n) is 13.2. The molecule has 1 heterocycles. The quantitative estimate of drug-likeness (QED) is 0.845. The number of anilines is 1. The number of nitrogens with zero attached hydrogens (tertiary/aromatic N) is 2. The van der Waals surface area contributed by atoms with Gasteiger partial charge in [-0.15, -0.1) is 0 Å². The third-order valence-electron chi connectivity index (χ3n) is 4.18. The first kappa shape index (κ1) is 17.2. The minimum atomic E-state index is -3.67. The number of nitrogens with two attached hydrogens (primary N) is 1. The molecule has 0 atom stereocenters. The van der Waals surface area contributed by atoms with Crippen molar-refractivity contribution in [3.05, 3.63) is 59.1 Å². The van der Waals surface area contributed by atoms with Gasteiger partial charge in [0.2, 0.25) is 10.0 Å². The van der Waals surface area contributed by atoms with Gasteiger partial charge in [-0.1, -0.05) is 48.0 Å². The van der Waals surface area contributed by atoms with Gasteiger partial charge in [0.05, 0.1) is 10.7 Å². The summed E-state index contributed by atoms with van der Waals surface area (Å²) in [6.45, 7) is 3.04. The van der Waals surface area contributed by atoms with E-state index in [2.05, 4.69) is 17.0 Å². The summed E-state index contributed by atoms with van der Waals surface area (Å²) in [7, 11) is -3.67. The highest BCUT2D eigenvalue weighted by atomic mass is 35.5. The molecule has 128 valence electrons. The first-order chi connectivity index (χ1) is 11.5. The molecule has 0 spiro atoms. The lowest BCUT2D eigenvalue weighted by molar-refractivity contribution is 0.181.